The number of fused-ring (bicyclic) bond motifs is 2. The summed E-state index contributed by atoms with van der Waals surface area (Å²) in [5.74, 6) is 0.339. The first-order chi connectivity index (χ1) is 16.5. The van der Waals surface area contributed by atoms with Crippen LogP contribution in [0.2, 0.25) is 5.02 Å². The van der Waals surface area contributed by atoms with Crippen molar-refractivity contribution in [2.24, 2.45) is 0 Å². The van der Waals surface area contributed by atoms with Crippen LogP contribution in [0.15, 0.2) is 51.7 Å². The highest BCUT2D eigenvalue weighted by Crippen LogP contribution is 2.34. The van der Waals surface area contributed by atoms with Crippen LogP contribution in [0.1, 0.15) is 24.0 Å². The van der Waals surface area contributed by atoms with Gasteiger partial charge in [0.2, 0.25) is 5.91 Å². The second-order valence-electron chi connectivity index (χ2n) is 8.07. The van der Waals surface area contributed by atoms with Crippen molar-refractivity contribution in [1.29, 1.82) is 0 Å². The summed E-state index contributed by atoms with van der Waals surface area (Å²) in [6, 6.07) is 11.5. The lowest BCUT2D eigenvalue weighted by molar-refractivity contribution is -0.113. The second kappa shape index (κ2) is 9.82. The van der Waals surface area contributed by atoms with Crippen molar-refractivity contribution >= 4 is 56.5 Å². The number of benzene rings is 2. The number of amides is 1. The highest BCUT2D eigenvalue weighted by atomic mass is 35.5. The van der Waals surface area contributed by atoms with Gasteiger partial charge in [-0.1, -0.05) is 41.6 Å². The molecule has 0 radical (unpaired) electrons. The standard InChI is InChI=1S/C25H22ClN3O3S2/c1-32-20-9-8-17(26)11-19(20)27-21(30)13-34-25-28-23(31)22-18(12-33-24(22)29-25)16-7-6-14-4-2-3-5-15(14)10-16/h6-12H,2-5,13H2,1H3,(H,27,30)(H,28,29,31). The summed E-state index contributed by atoms with van der Waals surface area (Å²) in [6.07, 6.45) is 4.66. The third kappa shape index (κ3) is 4.71. The molecule has 2 aromatic carbocycles. The van der Waals surface area contributed by atoms with Gasteiger partial charge in [-0.3, -0.25) is 9.59 Å². The number of carbonyl (C=O) groups is 1. The Bertz CT molecular complexity index is 1450. The molecule has 0 fully saturated rings. The number of halogens is 1. The van der Waals surface area contributed by atoms with Crippen LogP contribution in [0.5, 0.6) is 5.75 Å². The Morgan fingerprint density at radius 1 is 1.21 bits per heavy atom. The van der Waals surface area contributed by atoms with E-state index in [0.717, 1.165) is 24.0 Å². The normalized spacial score (nSPS) is 13.0. The molecule has 2 aromatic heterocycles. The molecule has 0 atom stereocenters. The zero-order valence-electron chi connectivity index (χ0n) is 18.4. The fourth-order valence-electron chi connectivity index (χ4n) is 4.21. The molecule has 5 rings (SSSR count). The van der Waals surface area contributed by atoms with Gasteiger partial charge in [-0.05, 0) is 60.6 Å². The van der Waals surface area contributed by atoms with Gasteiger partial charge in [0.1, 0.15) is 10.6 Å². The number of anilines is 1. The Hall–Kier alpha value is -2.81. The molecular weight excluding hydrogens is 490 g/mol. The van der Waals surface area contributed by atoms with Crippen molar-refractivity contribution in [3.05, 3.63) is 68.3 Å². The predicted molar refractivity (Wildman–Crippen MR) is 140 cm³/mol. The molecule has 0 bridgehead atoms. The van der Waals surface area contributed by atoms with E-state index >= 15 is 0 Å². The van der Waals surface area contributed by atoms with Gasteiger partial charge in [-0.15, -0.1) is 11.3 Å². The van der Waals surface area contributed by atoms with E-state index in [1.54, 1.807) is 18.2 Å². The number of nitrogens with zero attached hydrogens (tertiary/aromatic N) is 1. The number of aryl methyl sites for hydroxylation is 2. The first kappa shape index (κ1) is 23.0. The van der Waals surface area contributed by atoms with Crippen molar-refractivity contribution in [2.75, 3.05) is 18.2 Å². The second-order valence-corrected chi connectivity index (χ2v) is 10.3. The first-order valence-corrected chi connectivity index (χ1v) is 13.2. The smallest absolute Gasteiger partial charge is 0.260 e. The number of thioether (sulfide) groups is 1. The summed E-state index contributed by atoms with van der Waals surface area (Å²) in [4.78, 5) is 33.5. The summed E-state index contributed by atoms with van der Waals surface area (Å²) in [5, 5.41) is 6.27. The summed E-state index contributed by atoms with van der Waals surface area (Å²) in [5.41, 5.74) is 5.04. The van der Waals surface area contributed by atoms with Crippen molar-refractivity contribution in [2.45, 2.75) is 30.8 Å². The van der Waals surface area contributed by atoms with Crippen LogP contribution >= 0.6 is 34.7 Å². The lowest BCUT2D eigenvalue weighted by Crippen LogP contribution is -2.16. The predicted octanol–water partition coefficient (Wildman–Crippen LogP) is 5.92. The quantitative estimate of drug-likeness (QED) is 0.248. The van der Waals surface area contributed by atoms with Crippen LogP contribution in [-0.4, -0.2) is 28.7 Å². The minimum Gasteiger partial charge on any atom is -0.495 e. The SMILES string of the molecule is COc1ccc(Cl)cc1NC(=O)CSc1nc2scc(-c3ccc4c(c3)CCCC4)c2c(=O)[nH]1. The molecule has 6 nitrogen and oxygen atoms in total. The monoisotopic (exact) mass is 511 g/mol. The molecule has 34 heavy (non-hydrogen) atoms. The Balaban J connectivity index is 1.34. The van der Waals surface area contributed by atoms with Crippen molar-refractivity contribution in [1.82, 2.24) is 9.97 Å². The van der Waals surface area contributed by atoms with Gasteiger partial charge in [0.15, 0.2) is 5.16 Å². The van der Waals surface area contributed by atoms with Crippen LogP contribution < -0.4 is 15.6 Å². The molecule has 1 amide bonds. The molecule has 0 spiro atoms. The van der Waals surface area contributed by atoms with Crippen LogP contribution in [-0.2, 0) is 17.6 Å². The summed E-state index contributed by atoms with van der Waals surface area (Å²) in [7, 11) is 1.52. The van der Waals surface area contributed by atoms with E-state index in [4.69, 9.17) is 16.3 Å². The maximum atomic E-state index is 13.0. The largest absolute Gasteiger partial charge is 0.495 e. The lowest BCUT2D eigenvalue weighted by Gasteiger charge is -2.16. The van der Waals surface area contributed by atoms with E-state index in [2.05, 4.69) is 33.5 Å². The molecule has 0 saturated carbocycles. The van der Waals surface area contributed by atoms with Crippen LogP contribution in [0.25, 0.3) is 21.3 Å². The molecule has 174 valence electrons. The van der Waals surface area contributed by atoms with Gasteiger partial charge in [0.25, 0.3) is 5.56 Å². The highest BCUT2D eigenvalue weighted by Gasteiger charge is 2.17. The number of carbonyl (C=O) groups excluding carboxylic acids is 1. The zero-order chi connectivity index (χ0) is 23.7. The minimum atomic E-state index is -0.255. The minimum absolute atomic E-state index is 0.0766. The Morgan fingerprint density at radius 3 is 2.85 bits per heavy atom. The Kier molecular flexibility index (Phi) is 6.63. The number of aromatic nitrogens is 2. The van der Waals surface area contributed by atoms with Crippen molar-refractivity contribution < 1.29 is 9.53 Å². The molecule has 9 heteroatoms. The van der Waals surface area contributed by atoms with E-state index < -0.39 is 0 Å². The van der Waals surface area contributed by atoms with Crippen LogP contribution in [0, 0.1) is 0 Å². The number of ether oxygens (including phenoxy) is 1. The molecule has 0 saturated heterocycles. The fourth-order valence-corrected chi connectivity index (χ4v) is 6.05. The third-order valence-corrected chi connectivity index (χ3v) is 7.84. The summed E-state index contributed by atoms with van der Waals surface area (Å²) < 4.78 is 5.26. The number of aromatic amines is 1. The van der Waals surface area contributed by atoms with E-state index in [-0.39, 0.29) is 17.2 Å². The van der Waals surface area contributed by atoms with Gasteiger partial charge >= 0.3 is 0 Å². The molecule has 1 aliphatic rings. The summed E-state index contributed by atoms with van der Waals surface area (Å²) >= 11 is 8.64. The fraction of sp³-hybridized carbons (Fsp3) is 0.240. The number of thiophene rings is 1. The maximum absolute atomic E-state index is 13.0. The van der Waals surface area contributed by atoms with Gasteiger partial charge in [0, 0.05) is 16.0 Å². The molecular formula is C25H22ClN3O3S2. The molecule has 1 aliphatic carbocycles. The lowest BCUT2D eigenvalue weighted by atomic mass is 9.89. The van der Waals surface area contributed by atoms with E-state index in [0.29, 0.717) is 31.8 Å². The van der Waals surface area contributed by atoms with Gasteiger partial charge < -0.3 is 15.0 Å². The molecule has 0 unspecified atom stereocenters. The Labute approximate surface area is 209 Å². The van der Waals surface area contributed by atoms with Gasteiger partial charge in [-0.2, -0.15) is 0 Å². The van der Waals surface area contributed by atoms with Crippen LogP contribution in [0.4, 0.5) is 5.69 Å². The number of hydrogen-bond acceptors (Lipinski definition) is 6. The Morgan fingerprint density at radius 2 is 2.03 bits per heavy atom. The molecule has 2 N–H and O–H groups in total. The van der Waals surface area contributed by atoms with E-state index in [1.165, 1.54) is 54.2 Å². The van der Waals surface area contributed by atoms with E-state index in [9.17, 15) is 9.59 Å². The highest BCUT2D eigenvalue weighted by molar-refractivity contribution is 7.99. The number of nitrogens with one attached hydrogen (secondary N) is 2. The topological polar surface area (TPSA) is 84.1 Å². The van der Waals surface area contributed by atoms with Crippen molar-refractivity contribution in [3.63, 3.8) is 0 Å². The van der Waals surface area contributed by atoms with Gasteiger partial charge in [0.05, 0.1) is 23.9 Å². The maximum Gasteiger partial charge on any atom is 0.260 e. The molecule has 4 aromatic rings. The third-order valence-electron chi connectivity index (χ3n) is 5.86. The number of hydrogen-bond donors (Lipinski definition) is 2. The average Bonchev–Trinajstić information content (AvgIpc) is 3.27. The summed E-state index contributed by atoms with van der Waals surface area (Å²) in [6.45, 7) is 0. The van der Waals surface area contributed by atoms with Gasteiger partial charge in [-0.25, -0.2) is 4.98 Å². The first-order valence-electron chi connectivity index (χ1n) is 10.9. The van der Waals surface area contributed by atoms with Crippen LogP contribution in [0.3, 0.4) is 0 Å². The number of H-pyrrole nitrogens is 1. The van der Waals surface area contributed by atoms with Crippen molar-refractivity contribution in [3.8, 4) is 16.9 Å². The van der Waals surface area contributed by atoms with E-state index in [1.807, 2.05) is 5.38 Å². The number of rotatable bonds is 6. The number of methoxy groups -OCH3 is 1. The average molecular weight is 512 g/mol. The molecule has 0 aliphatic heterocycles. The molecule has 2 heterocycles. The zero-order valence-corrected chi connectivity index (χ0v) is 20.8.